The number of para-hydroxylation sites is 1. The van der Waals surface area contributed by atoms with Gasteiger partial charge in [0.25, 0.3) is 0 Å². The third kappa shape index (κ3) is 3.17. The molecule has 20 heavy (non-hydrogen) atoms. The Bertz CT molecular complexity index is 617. The molecule has 2 aromatic carbocycles. The van der Waals surface area contributed by atoms with Gasteiger partial charge < -0.3 is 10.5 Å². The Balaban J connectivity index is 2.32. The molecule has 3 heteroatoms. The van der Waals surface area contributed by atoms with Crippen molar-refractivity contribution in [3.05, 3.63) is 59.2 Å². The smallest absolute Gasteiger partial charge is 0.140 e. The molecule has 104 valence electrons. The first-order valence-corrected chi connectivity index (χ1v) is 7.07. The van der Waals surface area contributed by atoms with E-state index in [-0.39, 0.29) is 0 Å². The summed E-state index contributed by atoms with van der Waals surface area (Å²) in [5.74, 6) is 2.04. The van der Waals surface area contributed by atoms with Crippen LogP contribution in [0.15, 0.2) is 42.5 Å². The van der Waals surface area contributed by atoms with Crippen LogP contribution < -0.4 is 10.5 Å². The Hall–Kier alpha value is -1.87. The number of aryl methyl sites for hydroxylation is 1. The van der Waals surface area contributed by atoms with Crippen LogP contribution in [0, 0.1) is 6.92 Å². The number of nitrogens with two attached hydrogens (primary N) is 1. The summed E-state index contributed by atoms with van der Waals surface area (Å²) in [5, 5.41) is 0. The fourth-order valence-corrected chi connectivity index (χ4v) is 2.18. The minimum Gasteiger partial charge on any atom is -0.456 e. The molecule has 2 N–H and O–H groups in total. The Morgan fingerprint density at radius 1 is 1.10 bits per heavy atom. The zero-order valence-corrected chi connectivity index (χ0v) is 12.8. The van der Waals surface area contributed by atoms with Gasteiger partial charge in [-0.3, -0.25) is 0 Å². The highest BCUT2D eigenvalue weighted by atomic mass is 32.1. The highest BCUT2D eigenvalue weighted by Crippen LogP contribution is 2.29. The van der Waals surface area contributed by atoms with Gasteiger partial charge >= 0.3 is 0 Å². The van der Waals surface area contributed by atoms with Crippen molar-refractivity contribution >= 4 is 17.2 Å². The first kappa shape index (κ1) is 14.5. The third-order valence-corrected chi connectivity index (χ3v) is 3.46. The summed E-state index contributed by atoms with van der Waals surface area (Å²) < 4.78 is 5.97. The van der Waals surface area contributed by atoms with E-state index in [1.807, 2.05) is 37.3 Å². The minimum atomic E-state index is 0.350. The highest BCUT2D eigenvalue weighted by Gasteiger charge is 2.10. The largest absolute Gasteiger partial charge is 0.456 e. The summed E-state index contributed by atoms with van der Waals surface area (Å²) in [4.78, 5) is 0.350. The number of benzene rings is 2. The van der Waals surface area contributed by atoms with Crippen LogP contribution in [0.4, 0.5) is 0 Å². The van der Waals surface area contributed by atoms with Gasteiger partial charge in [0.05, 0.1) is 5.56 Å². The Kier molecular flexibility index (Phi) is 4.40. The summed E-state index contributed by atoms with van der Waals surface area (Å²) in [6.45, 7) is 6.32. The molecule has 2 aromatic rings. The van der Waals surface area contributed by atoms with Gasteiger partial charge in [-0.2, -0.15) is 0 Å². The van der Waals surface area contributed by atoms with Crippen molar-refractivity contribution in [3.63, 3.8) is 0 Å². The molecule has 0 unspecified atom stereocenters. The quantitative estimate of drug-likeness (QED) is 0.837. The molecule has 0 aliphatic rings. The van der Waals surface area contributed by atoms with Crippen molar-refractivity contribution in [1.82, 2.24) is 0 Å². The fraction of sp³-hybridized carbons (Fsp3) is 0.235. The van der Waals surface area contributed by atoms with Crippen LogP contribution in [0.2, 0.25) is 0 Å². The van der Waals surface area contributed by atoms with Gasteiger partial charge in [0, 0.05) is 0 Å². The molecule has 2 rings (SSSR count). The Morgan fingerprint density at radius 3 is 2.30 bits per heavy atom. The maximum Gasteiger partial charge on any atom is 0.140 e. The topological polar surface area (TPSA) is 35.2 Å². The molecule has 0 radical (unpaired) electrons. The van der Waals surface area contributed by atoms with Crippen molar-refractivity contribution < 1.29 is 4.74 Å². The zero-order chi connectivity index (χ0) is 14.7. The van der Waals surface area contributed by atoms with Crippen LogP contribution in [0.25, 0.3) is 0 Å². The average molecular weight is 285 g/mol. The molecule has 0 aliphatic heterocycles. The van der Waals surface area contributed by atoms with E-state index in [2.05, 4.69) is 26.0 Å². The highest BCUT2D eigenvalue weighted by molar-refractivity contribution is 7.80. The molecule has 0 saturated heterocycles. The molecule has 0 saturated carbocycles. The molecule has 0 amide bonds. The Labute approximate surface area is 125 Å². The summed E-state index contributed by atoms with van der Waals surface area (Å²) in [5.41, 5.74) is 8.83. The van der Waals surface area contributed by atoms with E-state index in [0.29, 0.717) is 10.9 Å². The number of hydrogen-bond donors (Lipinski definition) is 1. The van der Waals surface area contributed by atoms with E-state index in [1.54, 1.807) is 0 Å². The van der Waals surface area contributed by atoms with Crippen LogP contribution in [-0.2, 0) is 0 Å². The van der Waals surface area contributed by atoms with Crippen LogP contribution in [-0.4, -0.2) is 4.99 Å². The number of ether oxygens (including phenoxy) is 1. The number of thiocarbonyl (C=S) groups is 1. The molecular weight excluding hydrogens is 266 g/mol. The van der Waals surface area contributed by atoms with E-state index < -0.39 is 0 Å². The van der Waals surface area contributed by atoms with E-state index in [1.165, 1.54) is 5.56 Å². The summed E-state index contributed by atoms with van der Waals surface area (Å²) in [7, 11) is 0. The summed E-state index contributed by atoms with van der Waals surface area (Å²) in [6, 6.07) is 13.9. The van der Waals surface area contributed by atoms with Gasteiger partial charge in [0.15, 0.2) is 0 Å². The third-order valence-electron chi connectivity index (χ3n) is 3.24. The molecule has 0 fully saturated rings. The normalized spacial score (nSPS) is 10.6. The van der Waals surface area contributed by atoms with Crippen LogP contribution in [0.3, 0.4) is 0 Å². The lowest BCUT2D eigenvalue weighted by molar-refractivity contribution is 0.477. The first-order valence-electron chi connectivity index (χ1n) is 6.66. The SMILES string of the molecule is Cc1cccc(C(N)=S)c1Oc1ccc(C(C)C)cc1. The van der Waals surface area contributed by atoms with Gasteiger partial charge in [-0.25, -0.2) is 0 Å². The second-order valence-electron chi connectivity index (χ2n) is 5.14. The molecule has 0 atom stereocenters. The van der Waals surface area contributed by atoms with Crippen molar-refractivity contribution in [2.45, 2.75) is 26.7 Å². The zero-order valence-electron chi connectivity index (χ0n) is 12.0. The molecule has 2 nitrogen and oxygen atoms in total. The van der Waals surface area contributed by atoms with Crippen LogP contribution in [0.1, 0.15) is 36.5 Å². The lowest BCUT2D eigenvalue weighted by Crippen LogP contribution is -2.11. The fourth-order valence-electron chi connectivity index (χ4n) is 2.02. The van der Waals surface area contributed by atoms with Gasteiger partial charge in [-0.1, -0.05) is 50.3 Å². The Morgan fingerprint density at radius 2 is 1.75 bits per heavy atom. The van der Waals surface area contributed by atoms with E-state index in [0.717, 1.165) is 22.6 Å². The monoisotopic (exact) mass is 285 g/mol. The molecule has 0 heterocycles. The average Bonchev–Trinajstić information content (AvgIpc) is 2.41. The van der Waals surface area contributed by atoms with Gasteiger partial charge in [-0.15, -0.1) is 0 Å². The molecule has 0 bridgehead atoms. The summed E-state index contributed by atoms with van der Waals surface area (Å²) >= 11 is 5.08. The van der Waals surface area contributed by atoms with Crippen molar-refractivity contribution in [1.29, 1.82) is 0 Å². The van der Waals surface area contributed by atoms with Crippen LogP contribution >= 0.6 is 12.2 Å². The van der Waals surface area contributed by atoms with Crippen molar-refractivity contribution in [2.75, 3.05) is 0 Å². The lowest BCUT2D eigenvalue weighted by atomic mass is 10.0. The van der Waals surface area contributed by atoms with Crippen LogP contribution in [0.5, 0.6) is 11.5 Å². The standard InChI is InChI=1S/C17H19NOS/c1-11(2)13-7-9-14(10-8-13)19-16-12(3)5-4-6-15(16)17(18)20/h4-11H,1-3H3,(H2,18,20). The maximum absolute atomic E-state index is 5.97. The molecule has 0 spiro atoms. The first-order chi connectivity index (χ1) is 9.49. The molecular formula is C17H19NOS. The number of hydrogen-bond acceptors (Lipinski definition) is 2. The van der Waals surface area contributed by atoms with Gasteiger partial charge in [0.2, 0.25) is 0 Å². The second-order valence-corrected chi connectivity index (χ2v) is 5.58. The number of rotatable bonds is 4. The van der Waals surface area contributed by atoms with Gasteiger partial charge in [0.1, 0.15) is 16.5 Å². The van der Waals surface area contributed by atoms with Crippen molar-refractivity contribution in [2.24, 2.45) is 5.73 Å². The van der Waals surface area contributed by atoms with E-state index in [4.69, 9.17) is 22.7 Å². The minimum absolute atomic E-state index is 0.350. The molecule has 0 aromatic heterocycles. The molecule has 0 aliphatic carbocycles. The maximum atomic E-state index is 5.97. The van der Waals surface area contributed by atoms with E-state index in [9.17, 15) is 0 Å². The predicted molar refractivity (Wildman–Crippen MR) is 87.7 cm³/mol. The second kappa shape index (κ2) is 6.06. The van der Waals surface area contributed by atoms with Gasteiger partial charge in [-0.05, 0) is 42.2 Å². The van der Waals surface area contributed by atoms with Crippen molar-refractivity contribution in [3.8, 4) is 11.5 Å². The van der Waals surface area contributed by atoms with E-state index >= 15 is 0 Å². The lowest BCUT2D eigenvalue weighted by Gasteiger charge is -2.14. The predicted octanol–water partition coefficient (Wildman–Crippen LogP) is 4.54. The summed E-state index contributed by atoms with van der Waals surface area (Å²) in [6.07, 6.45) is 0.